The molecular weight excluding hydrogens is 188 g/mol. The highest BCUT2D eigenvalue weighted by molar-refractivity contribution is 7.98. The maximum absolute atomic E-state index is 10.8. The fourth-order valence-corrected chi connectivity index (χ4v) is 1.54. The van der Waals surface area contributed by atoms with Gasteiger partial charge in [0, 0.05) is 12.4 Å². The van der Waals surface area contributed by atoms with E-state index in [-0.39, 0.29) is 0 Å². The molecule has 0 aliphatic heterocycles. The van der Waals surface area contributed by atoms with Gasteiger partial charge in [0.1, 0.15) is 6.04 Å². The second-order valence-corrected chi connectivity index (χ2v) is 3.63. The Morgan fingerprint density at radius 2 is 2.54 bits per heavy atom. The fourth-order valence-electron chi connectivity index (χ4n) is 1.08. The lowest BCUT2D eigenvalue weighted by molar-refractivity contribution is -0.140. The molecule has 0 spiro atoms. The Hall–Kier alpha value is -0.970. The van der Waals surface area contributed by atoms with Gasteiger partial charge in [0.2, 0.25) is 0 Å². The predicted octanol–water partition coefficient (Wildman–Crippen LogP) is 1.26. The predicted molar refractivity (Wildman–Crippen MR) is 51.9 cm³/mol. The number of hydrogen-bond donors (Lipinski definition) is 1. The van der Waals surface area contributed by atoms with Crippen molar-refractivity contribution >= 4 is 17.7 Å². The smallest absolute Gasteiger partial charge is 0.326 e. The van der Waals surface area contributed by atoms with Crippen molar-refractivity contribution in [1.29, 1.82) is 0 Å². The number of hydrogen-bond acceptors (Lipinski definition) is 3. The Labute approximate surface area is 81.0 Å². The van der Waals surface area contributed by atoms with E-state index in [0.29, 0.717) is 6.42 Å². The van der Waals surface area contributed by atoms with Crippen LogP contribution in [0.2, 0.25) is 0 Å². The van der Waals surface area contributed by atoms with E-state index in [2.05, 4.69) is 4.98 Å². The molecular formula is C8H12N2O2S. The van der Waals surface area contributed by atoms with Crippen LogP contribution in [-0.4, -0.2) is 32.6 Å². The minimum Gasteiger partial charge on any atom is -0.480 e. The average Bonchev–Trinajstić information content (AvgIpc) is 2.57. The zero-order valence-corrected chi connectivity index (χ0v) is 8.20. The topological polar surface area (TPSA) is 55.1 Å². The molecule has 0 amide bonds. The maximum Gasteiger partial charge on any atom is 0.326 e. The van der Waals surface area contributed by atoms with Gasteiger partial charge in [-0.1, -0.05) is 0 Å². The van der Waals surface area contributed by atoms with Gasteiger partial charge in [0.05, 0.1) is 6.33 Å². The molecule has 13 heavy (non-hydrogen) atoms. The number of carboxylic acids is 1. The maximum atomic E-state index is 10.8. The molecule has 0 saturated carbocycles. The van der Waals surface area contributed by atoms with E-state index in [9.17, 15) is 4.79 Å². The Balaban J connectivity index is 2.63. The SMILES string of the molecule is CSCC[C@@H](C(=O)O)n1ccnc1. The molecule has 0 unspecified atom stereocenters. The first-order valence-electron chi connectivity index (χ1n) is 3.95. The molecule has 0 bridgehead atoms. The van der Waals surface area contributed by atoms with Crippen molar-refractivity contribution in [3.8, 4) is 0 Å². The molecule has 1 N–H and O–H groups in total. The summed E-state index contributed by atoms with van der Waals surface area (Å²) in [6, 6.07) is -0.477. The molecule has 0 radical (unpaired) electrons. The molecule has 0 fully saturated rings. The quantitative estimate of drug-likeness (QED) is 0.777. The molecule has 1 heterocycles. The zero-order valence-electron chi connectivity index (χ0n) is 7.38. The summed E-state index contributed by atoms with van der Waals surface area (Å²) in [5.41, 5.74) is 0. The summed E-state index contributed by atoms with van der Waals surface area (Å²) in [4.78, 5) is 14.7. The van der Waals surface area contributed by atoms with E-state index in [1.807, 2.05) is 6.26 Å². The second-order valence-electron chi connectivity index (χ2n) is 2.65. The van der Waals surface area contributed by atoms with Gasteiger partial charge in [0.25, 0.3) is 0 Å². The largest absolute Gasteiger partial charge is 0.480 e. The van der Waals surface area contributed by atoms with Crippen LogP contribution < -0.4 is 0 Å². The Bertz CT molecular complexity index is 261. The number of aliphatic carboxylic acids is 1. The molecule has 0 aliphatic rings. The molecule has 1 aromatic heterocycles. The van der Waals surface area contributed by atoms with E-state index in [1.54, 1.807) is 35.0 Å². The first-order valence-corrected chi connectivity index (χ1v) is 5.34. The van der Waals surface area contributed by atoms with Crippen molar-refractivity contribution in [2.75, 3.05) is 12.0 Å². The van der Waals surface area contributed by atoms with Crippen LogP contribution in [0.4, 0.5) is 0 Å². The normalized spacial score (nSPS) is 12.7. The first-order chi connectivity index (χ1) is 6.25. The number of aromatic nitrogens is 2. The average molecular weight is 200 g/mol. The highest BCUT2D eigenvalue weighted by Gasteiger charge is 2.17. The second kappa shape index (κ2) is 4.91. The van der Waals surface area contributed by atoms with Crippen molar-refractivity contribution in [1.82, 2.24) is 9.55 Å². The van der Waals surface area contributed by atoms with Crippen molar-refractivity contribution in [2.24, 2.45) is 0 Å². The number of nitrogens with zero attached hydrogens (tertiary/aromatic N) is 2. The van der Waals surface area contributed by atoms with E-state index in [4.69, 9.17) is 5.11 Å². The van der Waals surface area contributed by atoms with E-state index < -0.39 is 12.0 Å². The van der Waals surface area contributed by atoms with Gasteiger partial charge in [0.15, 0.2) is 0 Å². The van der Waals surface area contributed by atoms with Crippen LogP contribution in [0.5, 0.6) is 0 Å². The van der Waals surface area contributed by atoms with Gasteiger partial charge in [-0.3, -0.25) is 0 Å². The van der Waals surface area contributed by atoms with Gasteiger partial charge in [-0.05, 0) is 18.4 Å². The summed E-state index contributed by atoms with van der Waals surface area (Å²) in [7, 11) is 0. The summed E-state index contributed by atoms with van der Waals surface area (Å²) in [6.07, 6.45) is 7.41. The standard InChI is InChI=1S/C8H12N2O2S/c1-13-5-2-7(8(11)12)10-4-3-9-6-10/h3-4,6-7H,2,5H2,1H3,(H,11,12)/t7-/m0/s1. The molecule has 4 nitrogen and oxygen atoms in total. The lowest BCUT2D eigenvalue weighted by Crippen LogP contribution is -2.18. The number of carboxylic acid groups (broad SMARTS) is 1. The zero-order chi connectivity index (χ0) is 9.68. The number of carbonyl (C=O) groups is 1. The highest BCUT2D eigenvalue weighted by Crippen LogP contribution is 2.13. The summed E-state index contributed by atoms with van der Waals surface area (Å²) in [5.74, 6) is 0.0434. The molecule has 0 aliphatic carbocycles. The third kappa shape index (κ3) is 2.77. The van der Waals surface area contributed by atoms with Crippen molar-refractivity contribution in [3.05, 3.63) is 18.7 Å². The minimum absolute atomic E-state index is 0.477. The lowest BCUT2D eigenvalue weighted by Gasteiger charge is -2.12. The Morgan fingerprint density at radius 1 is 1.77 bits per heavy atom. The van der Waals surface area contributed by atoms with Crippen LogP contribution in [0.1, 0.15) is 12.5 Å². The number of imidazole rings is 1. The van der Waals surface area contributed by atoms with Gasteiger partial charge in [-0.15, -0.1) is 0 Å². The summed E-state index contributed by atoms with van der Waals surface area (Å²) in [5, 5.41) is 8.91. The van der Waals surface area contributed by atoms with Gasteiger partial charge >= 0.3 is 5.97 Å². The van der Waals surface area contributed by atoms with Crippen molar-refractivity contribution < 1.29 is 9.90 Å². The first kappa shape index (κ1) is 10.1. The molecule has 72 valence electrons. The van der Waals surface area contributed by atoms with Gasteiger partial charge in [-0.25, -0.2) is 9.78 Å². The van der Waals surface area contributed by atoms with Crippen molar-refractivity contribution in [2.45, 2.75) is 12.5 Å². The van der Waals surface area contributed by atoms with Crippen LogP contribution in [0.15, 0.2) is 18.7 Å². The van der Waals surface area contributed by atoms with E-state index in [0.717, 1.165) is 5.75 Å². The molecule has 1 atom stereocenters. The minimum atomic E-state index is -0.799. The third-order valence-electron chi connectivity index (χ3n) is 1.77. The third-order valence-corrected chi connectivity index (χ3v) is 2.41. The van der Waals surface area contributed by atoms with E-state index >= 15 is 0 Å². The summed E-state index contributed by atoms with van der Waals surface area (Å²) < 4.78 is 1.62. The van der Waals surface area contributed by atoms with Crippen molar-refractivity contribution in [3.63, 3.8) is 0 Å². The molecule has 0 saturated heterocycles. The molecule has 5 heteroatoms. The van der Waals surface area contributed by atoms with Crippen LogP contribution in [0, 0.1) is 0 Å². The van der Waals surface area contributed by atoms with Gasteiger partial charge in [-0.2, -0.15) is 11.8 Å². The van der Waals surface area contributed by atoms with Gasteiger partial charge < -0.3 is 9.67 Å². The number of thioether (sulfide) groups is 1. The monoisotopic (exact) mass is 200 g/mol. The summed E-state index contributed by atoms with van der Waals surface area (Å²) >= 11 is 1.65. The van der Waals surface area contributed by atoms with Crippen LogP contribution in [0.3, 0.4) is 0 Å². The Kier molecular flexibility index (Phi) is 3.82. The van der Waals surface area contributed by atoms with Crippen LogP contribution >= 0.6 is 11.8 Å². The molecule has 0 aromatic carbocycles. The number of rotatable bonds is 5. The fraction of sp³-hybridized carbons (Fsp3) is 0.500. The molecule has 1 aromatic rings. The van der Waals surface area contributed by atoms with Crippen LogP contribution in [-0.2, 0) is 4.79 Å². The summed E-state index contributed by atoms with van der Waals surface area (Å²) in [6.45, 7) is 0. The highest BCUT2D eigenvalue weighted by atomic mass is 32.2. The molecule has 1 rings (SSSR count). The van der Waals surface area contributed by atoms with E-state index in [1.165, 1.54) is 0 Å². The lowest BCUT2D eigenvalue weighted by atomic mass is 10.2. The van der Waals surface area contributed by atoms with Crippen LogP contribution in [0.25, 0.3) is 0 Å². The Morgan fingerprint density at radius 3 is 3.00 bits per heavy atom.